The molecule has 1 fully saturated rings. The van der Waals surface area contributed by atoms with Crippen molar-refractivity contribution in [3.63, 3.8) is 0 Å². The molecule has 0 amide bonds. The number of halogens is 1. The summed E-state index contributed by atoms with van der Waals surface area (Å²) in [6.45, 7) is 10.2. The van der Waals surface area contributed by atoms with Crippen LogP contribution in [0.5, 0.6) is 5.75 Å². The first-order valence-corrected chi connectivity index (χ1v) is 7.16. The van der Waals surface area contributed by atoms with Crippen molar-refractivity contribution in [2.75, 3.05) is 7.11 Å². The lowest BCUT2D eigenvalue weighted by molar-refractivity contribution is 0.413. The quantitative estimate of drug-likeness (QED) is 0.908. The molecule has 0 aliphatic heterocycles. The molecule has 1 aliphatic carbocycles. The number of hydrogen-bond donors (Lipinski definition) is 1. The van der Waals surface area contributed by atoms with Crippen LogP contribution < -0.4 is 10.1 Å². The Bertz CT molecular complexity index is 440. The summed E-state index contributed by atoms with van der Waals surface area (Å²) in [4.78, 5) is 0. The maximum absolute atomic E-state index is 5.27. The maximum atomic E-state index is 5.27. The molecule has 0 unspecified atom stereocenters. The second-order valence-corrected chi connectivity index (χ2v) is 7.07. The van der Waals surface area contributed by atoms with E-state index >= 15 is 0 Å². The Hall–Kier alpha value is -0.540. The molecule has 1 aliphatic rings. The van der Waals surface area contributed by atoms with Crippen LogP contribution >= 0.6 is 15.9 Å². The van der Waals surface area contributed by atoms with E-state index in [4.69, 9.17) is 4.74 Å². The van der Waals surface area contributed by atoms with Crippen LogP contribution in [0.15, 0.2) is 22.7 Å². The molecule has 18 heavy (non-hydrogen) atoms. The van der Waals surface area contributed by atoms with Gasteiger partial charge in [-0.3, -0.25) is 0 Å². The minimum absolute atomic E-state index is 0.373. The maximum Gasteiger partial charge on any atom is 0.119 e. The van der Waals surface area contributed by atoms with Crippen molar-refractivity contribution in [3.05, 3.63) is 28.2 Å². The second kappa shape index (κ2) is 4.53. The fourth-order valence-electron chi connectivity index (χ4n) is 2.73. The smallest absolute Gasteiger partial charge is 0.119 e. The van der Waals surface area contributed by atoms with Gasteiger partial charge in [0.2, 0.25) is 0 Å². The average molecular weight is 312 g/mol. The lowest BCUT2D eigenvalue weighted by Gasteiger charge is -2.10. The van der Waals surface area contributed by atoms with Crippen molar-refractivity contribution in [1.29, 1.82) is 0 Å². The van der Waals surface area contributed by atoms with Crippen LogP contribution in [0.2, 0.25) is 0 Å². The van der Waals surface area contributed by atoms with E-state index in [-0.39, 0.29) is 0 Å². The molecular formula is C15H22BrNO. The minimum atomic E-state index is 0.373. The van der Waals surface area contributed by atoms with Crippen LogP contribution in [0.4, 0.5) is 0 Å². The predicted molar refractivity (Wildman–Crippen MR) is 78.9 cm³/mol. The lowest BCUT2D eigenvalue weighted by atomic mass is 10.0. The largest absolute Gasteiger partial charge is 0.497 e. The zero-order valence-corrected chi connectivity index (χ0v) is 13.4. The molecule has 1 aromatic rings. The van der Waals surface area contributed by atoms with Crippen LogP contribution in [0, 0.1) is 10.8 Å². The third kappa shape index (κ3) is 2.19. The molecule has 0 heterocycles. The van der Waals surface area contributed by atoms with Gasteiger partial charge in [-0.15, -0.1) is 0 Å². The van der Waals surface area contributed by atoms with Crippen molar-refractivity contribution >= 4 is 15.9 Å². The Morgan fingerprint density at radius 3 is 2.33 bits per heavy atom. The third-order valence-electron chi connectivity index (χ3n) is 4.77. The molecule has 1 saturated carbocycles. The first kappa shape index (κ1) is 13.9. The van der Waals surface area contributed by atoms with E-state index in [0.717, 1.165) is 16.8 Å². The molecule has 1 aromatic carbocycles. The van der Waals surface area contributed by atoms with E-state index in [1.54, 1.807) is 7.11 Å². The van der Waals surface area contributed by atoms with Gasteiger partial charge in [0.05, 0.1) is 7.11 Å². The van der Waals surface area contributed by atoms with Crippen LogP contribution in [0.25, 0.3) is 0 Å². The molecule has 0 atom stereocenters. The molecule has 2 rings (SSSR count). The molecular weight excluding hydrogens is 290 g/mol. The Morgan fingerprint density at radius 2 is 1.83 bits per heavy atom. The molecule has 0 radical (unpaired) electrons. The van der Waals surface area contributed by atoms with Crippen LogP contribution in [-0.4, -0.2) is 13.2 Å². The van der Waals surface area contributed by atoms with E-state index in [1.807, 2.05) is 12.1 Å². The van der Waals surface area contributed by atoms with Gasteiger partial charge in [-0.1, -0.05) is 43.6 Å². The van der Waals surface area contributed by atoms with E-state index in [1.165, 1.54) is 5.56 Å². The molecule has 2 nitrogen and oxygen atoms in total. The SMILES string of the molecule is COc1ccc(Br)c(CNC2C(C)(C)C2(C)C)c1. The summed E-state index contributed by atoms with van der Waals surface area (Å²) < 4.78 is 6.40. The van der Waals surface area contributed by atoms with Crippen molar-refractivity contribution in [1.82, 2.24) is 5.32 Å². The Balaban J connectivity index is 2.04. The van der Waals surface area contributed by atoms with Crippen molar-refractivity contribution in [3.8, 4) is 5.75 Å². The fourth-order valence-corrected chi connectivity index (χ4v) is 3.12. The first-order chi connectivity index (χ1) is 8.30. The van der Waals surface area contributed by atoms with Crippen LogP contribution in [0.1, 0.15) is 33.3 Å². The molecule has 100 valence electrons. The predicted octanol–water partition coefficient (Wildman–Crippen LogP) is 3.98. The number of nitrogens with one attached hydrogen (secondary N) is 1. The van der Waals surface area contributed by atoms with Crippen molar-refractivity contribution in [2.24, 2.45) is 10.8 Å². The summed E-state index contributed by atoms with van der Waals surface area (Å²) in [5.41, 5.74) is 1.99. The topological polar surface area (TPSA) is 21.3 Å². The summed E-state index contributed by atoms with van der Waals surface area (Å²) in [7, 11) is 1.70. The first-order valence-electron chi connectivity index (χ1n) is 6.36. The standard InChI is InChI=1S/C15H22BrNO/c1-14(2)13(15(14,3)4)17-9-10-8-11(18-5)6-7-12(10)16/h6-8,13,17H,9H2,1-5H3. The molecule has 1 N–H and O–H groups in total. The summed E-state index contributed by atoms with van der Waals surface area (Å²) in [5, 5.41) is 3.66. The van der Waals surface area contributed by atoms with Gasteiger partial charge >= 0.3 is 0 Å². The van der Waals surface area contributed by atoms with Gasteiger partial charge in [0.1, 0.15) is 5.75 Å². The second-order valence-electron chi connectivity index (χ2n) is 6.21. The monoisotopic (exact) mass is 311 g/mol. The van der Waals surface area contributed by atoms with Crippen molar-refractivity contribution in [2.45, 2.75) is 40.3 Å². The summed E-state index contributed by atoms with van der Waals surface area (Å²) in [5.74, 6) is 0.907. The van der Waals surface area contributed by atoms with Gasteiger partial charge in [-0.05, 0) is 34.6 Å². The highest BCUT2D eigenvalue weighted by atomic mass is 79.9. The molecule has 0 saturated heterocycles. The number of rotatable bonds is 4. The lowest BCUT2D eigenvalue weighted by Crippen LogP contribution is -2.21. The van der Waals surface area contributed by atoms with Crippen molar-refractivity contribution < 1.29 is 4.74 Å². The van der Waals surface area contributed by atoms with Gasteiger partial charge in [-0.25, -0.2) is 0 Å². The number of ether oxygens (including phenoxy) is 1. The van der Waals surface area contributed by atoms with E-state index < -0.39 is 0 Å². The minimum Gasteiger partial charge on any atom is -0.497 e. The molecule has 0 spiro atoms. The average Bonchev–Trinajstić information content (AvgIpc) is 2.69. The van der Waals surface area contributed by atoms with Gasteiger partial charge < -0.3 is 10.1 Å². The Morgan fingerprint density at radius 1 is 1.22 bits per heavy atom. The molecule has 3 heteroatoms. The van der Waals surface area contributed by atoms with Gasteiger partial charge in [0.15, 0.2) is 0 Å². The normalized spacial score (nSPS) is 20.8. The summed E-state index contributed by atoms with van der Waals surface area (Å²) in [6.07, 6.45) is 0. The zero-order chi connectivity index (χ0) is 13.6. The van der Waals surface area contributed by atoms with Gasteiger partial charge in [0.25, 0.3) is 0 Å². The highest BCUT2D eigenvalue weighted by molar-refractivity contribution is 9.10. The highest BCUT2D eigenvalue weighted by Crippen LogP contribution is 2.62. The number of benzene rings is 1. The number of methoxy groups -OCH3 is 1. The van der Waals surface area contributed by atoms with E-state index in [2.05, 4.69) is 55.0 Å². The Labute approximate surface area is 118 Å². The Kier molecular flexibility index (Phi) is 3.50. The fraction of sp³-hybridized carbons (Fsp3) is 0.600. The van der Waals surface area contributed by atoms with E-state index in [9.17, 15) is 0 Å². The van der Waals surface area contributed by atoms with E-state index in [0.29, 0.717) is 16.9 Å². The summed E-state index contributed by atoms with van der Waals surface area (Å²) >= 11 is 3.59. The third-order valence-corrected chi connectivity index (χ3v) is 5.54. The zero-order valence-electron chi connectivity index (χ0n) is 11.8. The van der Waals surface area contributed by atoms with Gasteiger partial charge in [0, 0.05) is 17.1 Å². The molecule has 0 aromatic heterocycles. The highest BCUT2D eigenvalue weighted by Gasteiger charge is 2.64. The number of hydrogen-bond acceptors (Lipinski definition) is 2. The van der Waals surface area contributed by atoms with Crippen LogP contribution in [0.3, 0.4) is 0 Å². The summed E-state index contributed by atoms with van der Waals surface area (Å²) in [6, 6.07) is 6.67. The van der Waals surface area contributed by atoms with Gasteiger partial charge in [-0.2, -0.15) is 0 Å². The molecule has 0 bridgehead atoms. The van der Waals surface area contributed by atoms with Crippen LogP contribution in [-0.2, 0) is 6.54 Å².